The van der Waals surface area contributed by atoms with E-state index in [1.807, 2.05) is 24.3 Å². The molecule has 0 spiro atoms. The number of amides is 1. The van der Waals surface area contributed by atoms with E-state index in [4.69, 9.17) is 0 Å². The number of aromatic nitrogens is 2. The molecule has 26 heavy (non-hydrogen) atoms. The summed E-state index contributed by atoms with van der Waals surface area (Å²) >= 11 is 0. The standard InChI is InChI=1S/C19H16F2N4O/c1-2-12-6-8-13(9-7-12)22-17-11-10-16(24-25-17)19(26)23-18-14(20)4-3-5-15(18)21/h3-11H,2H2,1H3,(H,22,25)(H,23,26). The Morgan fingerprint density at radius 3 is 2.23 bits per heavy atom. The molecule has 1 heterocycles. The van der Waals surface area contributed by atoms with Gasteiger partial charge < -0.3 is 10.6 Å². The molecule has 5 nitrogen and oxygen atoms in total. The largest absolute Gasteiger partial charge is 0.339 e. The Kier molecular flexibility index (Phi) is 5.17. The van der Waals surface area contributed by atoms with Crippen molar-refractivity contribution in [2.75, 3.05) is 10.6 Å². The second-order valence-corrected chi connectivity index (χ2v) is 5.53. The van der Waals surface area contributed by atoms with Gasteiger partial charge in [0.2, 0.25) is 0 Å². The van der Waals surface area contributed by atoms with E-state index in [0.717, 1.165) is 24.2 Å². The molecule has 7 heteroatoms. The third kappa shape index (κ3) is 4.00. The normalized spacial score (nSPS) is 10.4. The zero-order valence-corrected chi connectivity index (χ0v) is 14.0. The van der Waals surface area contributed by atoms with Crippen molar-refractivity contribution in [2.24, 2.45) is 0 Å². The van der Waals surface area contributed by atoms with E-state index in [9.17, 15) is 13.6 Å². The lowest BCUT2D eigenvalue weighted by atomic mass is 10.1. The van der Waals surface area contributed by atoms with Gasteiger partial charge in [-0.3, -0.25) is 4.79 Å². The van der Waals surface area contributed by atoms with Crippen LogP contribution in [0.2, 0.25) is 0 Å². The van der Waals surface area contributed by atoms with Gasteiger partial charge in [0.1, 0.15) is 17.3 Å². The van der Waals surface area contributed by atoms with Gasteiger partial charge in [-0.25, -0.2) is 8.78 Å². The SMILES string of the molecule is CCc1ccc(Nc2ccc(C(=O)Nc3c(F)cccc3F)nn2)cc1. The lowest BCUT2D eigenvalue weighted by Crippen LogP contribution is -2.16. The average Bonchev–Trinajstić information content (AvgIpc) is 2.66. The van der Waals surface area contributed by atoms with Crippen LogP contribution in [-0.2, 0) is 6.42 Å². The summed E-state index contributed by atoms with van der Waals surface area (Å²) in [5.41, 5.74) is 1.48. The number of rotatable bonds is 5. The highest BCUT2D eigenvalue weighted by Gasteiger charge is 2.14. The van der Waals surface area contributed by atoms with E-state index >= 15 is 0 Å². The highest BCUT2D eigenvalue weighted by Crippen LogP contribution is 2.19. The molecule has 0 unspecified atom stereocenters. The van der Waals surface area contributed by atoms with Gasteiger partial charge in [-0.05, 0) is 48.4 Å². The Bertz CT molecular complexity index is 892. The lowest BCUT2D eigenvalue weighted by molar-refractivity contribution is 0.102. The summed E-state index contributed by atoms with van der Waals surface area (Å²) in [4.78, 5) is 12.1. The van der Waals surface area contributed by atoms with E-state index in [0.29, 0.717) is 5.82 Å². The molecule has 1 aromatic heterocycles. The maximum atomic E-state index is 13.6. The number of nitrogens with one attached hydrogen (secondary N) is 2. The molecule has 0 saturated heterocycles. The summed E-state index contributed by atoms with van der Waals surface area (Å²) in [7, 11) is 0. The number of carbonyl (C=O) groups is 1. The predicted octanol–water partition coefficient (Wildman–Crippen LogP) is 4.31. The van der Waals surface area contributed by atoms with E-state index in [-0.39, 0.29) is 5.69 Å². The number of benzene rings is 2. The Balaban J connectivity index is 1.69. The third-order valence-electron chi connectivity index (χ3n) is 3.73. The smallest absolute Gasteiger partial charge is 0.276 e. The fourth-order valence-corrected chi connectivity index (χ4v) is 2.29. The third-order valence-corrected chi connectivity index (χ3v) is 3.73. The van der Waals surface area contributed by atoms with Gasteiger partial charge >= 0.3 is 0 Å². The van der Waals surface area contributed by atoms with Crippen LogP contribution in [0, 0.1) is 11.6 Å². The van der Waals surface area contributed by atoms with Crippen LogP contribution in [-0.4, -0.2) is 16.1 Å². The predicted molar refractivity (Wildman–Crippen MR) is 95.4 cm³/mol. The van der Waals surface area contributed by atoms with Gasteiger partial charge in [0, 0.05) is 5.69 Å². The van der Waals surface area contributed by atoms with E-state index in [1.165, 1.54) is 17.7 Å². The fourth-order valence-electron chi connectivity index (χ4n) is 2.29. The summed E-state index contributed by atoms with van der Waals surface area (Å²) in [5.74, 6) is -2.02. The molecule has 2 aromatic carbocycles. The first-order valence-corrected chi connectivity index (χ1v) is 8.02. The van der Waals surface area contributed by atoms with Crippen molar-refractivity contribution in [1.82, 2.24) is 10.2 Å². The molecule has 0 aliphatic rings. The van der Waals surface area contributed by atoms with Crippen LogP contribution in [0.25, 0.3) is 0 Å². The highest BCUT2D eigenvalue weighted by atomic mass is 19.1. The molecule has 3 rings (SSSR count). The molecular formula is C19H16F2N4O. The molecule has 0 atom stereocenters. The molecule has 0 fully saturated rings. The lowest BCUT2D eigenvalue weighted by Gasteiger charge is -2.08. The minimum absolute atomic E-state index is 0.0560. The van der Waals surface area contributed by atoms with Gasteiger partial charge in [-0.1, -0.05) is 25.1 Å². The zero-order valence-electron chi connectivity index (χ0n) is 14.0. The number of para-hydroxylation sites is 1. The summed E-state index contributed by atoms with van der Waals surface area (Å²) < 4.78 is 27.2. The van der Waals surface area contributed by atoms with Crippen molar-refractivity contribution >= 4 is 23.1 Å². The fraction of sp³-hybridized carbons (Fsp3) is 0.105. The highest BCUT2D eigenvalue weighted by molar-refractivity contribution is 6.02. The van der Waals surface area contributed by atoms with Crippen molar-refractivity contribution in [1.29, 1.82) is 0 Å². The summed E-state index contributed by atoms with van der Waals surface area (Å²) in [5, 5.41) is 12.9. The van der Waals surface area contributed by atoms with E-state index in [2.05, 4.69) is 27.8 Å². The first kappa shape index (κ1) is 17.5. The van der Waals surface area contributed by atoms with Gasteiger partial charge in [-0.2, -0.15) is 0 Å². The number of carbonyl (C=O) groups excluding carboxylic acids is 1. The van der Waals surface area contributed by atoms with Gasteiger partial charge in [0.25, 0.3) is 5.91 Å². The van der Waals surface area contributed by atoms with Crippen molar-refractivity contribution < 1.29 is 13.6 Å². The van der Waals surface area contributed by atoms with Crippen LogP contribution in [0.4, 0.5) is 26.0 Å². The Morgan fingerprint density at radius 1 is 0.962 bits per heavy atom. The second-order valence-electron chi connectivity index (χ2n) is 5.53. The maximum absolute atomic E-state index is 13.6. The number of aryl methyl sites for hydroxylation is 1. The molecule has 0 saturated carbocycles. The van der Waals surface area contributed by atoms with Crippen LogP contribution in [0.15, 0.2) is 54.6 Å². The van der Waals surface area contributed by atoms with Crippen molar-refractivity contribution in [3.8, 4) is 0 Å². The molecule has 0 bridgehead atoms. The number of hydrogen-bond acceptors (Lipinski definition) is 4. The van der Waals surface area contributed by atoms with Crippen molar-refractivity contribution in [3.63, 3.8) is 0 Å². The molecule has 0 aliphatic carbocycles. The van der Waals surface area contributed by atoms with Crippen LogP contribution >= 0.6 is 0 Å². The van der Waals surface area contributed by atoms with E-state index in [1.54, 1.807) is 6.07 Å². The Morgan fingerprint density at radius 2 is 1.65 bits per heavy atom. The Labute approximate surface area is 149 Å². The van der Waals surface area contributed by atoms with Gasteiger partial charge in [0.15, 0.2) is 11.5 Å². The summed E-state index contributed by atoms with van der Waals surface area (Å²) in [6.07, 6.45) is 0.951. The molecule has 0 radical (unpaired) electrons. The van der Waals surface area contributed by atoms with Gasteiger partial charge in [0.05, 0.1) is 0 Å². The first-order valence-electron chi connectivity index (χ1n) is 8.02. The average molecular weight is 354 g/mol. The Hall–Kier alpha value is -3.35. The molecule has 3 aromatic rings. The second kappa shape index (κ2) is 7.69. The van der Waals surface area contributed by atoms with Crippen molar-refractivity contribution in [2.45, 2.75) is 13.3 Å². The van der Waals surface area contributed by atoms with Crippen LogP contribution in [0.3, 0.4) is 0 Å². The van der Waals surface area contributed by atoms with Crippen LogP contribution in [0.5, 0.6) is 0 Å². The topological polar surface area (TPSA) is 66.9 Å². The summed E-state index contributed by atoms with van der Waals surface area (Å²) in [6, 6.07) is 14.2. The van der Waals surface area contributed by atoms with Crippen LogP contribution < -0.4 is 10.6 Å². The number of hydrogen-bond donors (Lipinski definition) is 2. The number of halogens is 2. The molecular weight excluding hydrogens is 338 g/mol. The molecule has 2 N–H and O–H groups in total. The minimum Gasteiger partial charge on any atom is -0.339 e. The minimum atomic E-state index is -0.861. The number of anilines is 3. The summed E-state index contributed by atoms with van der Waals surface area (Å²) in [6.45, 7) is 2.07. The number of nitrogens with zero attached hydrogens (tertiary/aromatic N) is 2. The quantitative estimate of drug-likeness (QED) is 0.716. The monoisotopic (exact) mass is 354 g/mol. The molecule has 132 valence electrons. The zero-order chi connectivity index (χ0) is 18.5. The van der Waals surface area contributed by atoms with Gasteiger partial charge in [-0.15, -0.1) is 10.2 Å². The molecule has 1 amide bonds. The van der Waals surface area contributed by atoms with Crippen LogP contribution in [0.1, 0.15) is 23.0 Å². The van der Waals surface area contributed by atoms with E-state index < -0.39 is 23.2 Å². The first-order chi connectivity index (χ1) is 12.6. The van der Waals surface area contributed by atoms with Crippen molar-refractivity contribution in [3.05, 3.63) is 77.5 Å². The maximum Gasteiger partial charge on any atom is 0.276 e. The molecule has 0 aliphatic heterocycles.